The maximum atomic E-state index is 13.5. The van der Waals surface area contributed by atoms with Gasteiger partial charge in [0.15, 0.2) is 0 Å². The first-order valence-corrected chi connectivity index (χ1v) is 11.4. The average molecular weight is 425 g/mol. The number of aryl methyl sites for hydroxylation is 2. The highest BCUT2D eigenvalue weighted by molar-refractivity contribution is 7.92. The Morgan fingerprint density at radius 3 is 2.10 bits per heavy atom. The Labute approximate surface area is 179 Å². The van der Waals surface area contributed by atoms with E-state index in [1.807, 2.05) is 58.0 Å². The van der Waals surface area contributed by atoms with Crippen LogP contribution in [0.25, 0.3) is 0 Å². The molecular formula is C24H28N2O3S. The number of sulfonamides is 1. The minimum atomic E-state index is -3.70. The van der Waals surface area contributed by atoms with Crippen molar-refractivity contribution >= 4 is 15.7 Å². The van der Waals surface area contributed by atoms with E-state index in [1.165, 1.54) is 4.31 Å². The zero-order valence-electron chi connectivity index (χ0n) is 17.9. The van der Waals surface area contributed by atoms with Gasteiger partial charge in [0.2, 0.25) is 0 Å². The second-order valence-corrected chi connectivity index (χ2v) is 9.75. The number of benzene rings is 2. The highest BCUT2D eigenvalue weighted by Gasteiger charge is 2.26. The molecule has 0 fully saturated rings. The molecule has 1 heterocycles. The van der Waals surface area contributed by atoms with E-state index in [4.69, 9.17) is 4.74 Å². The fourth-order valence-corrected chi connectivity index (χ4v) is 4.86. The predicted octanol–water partition coefficient (Wildman–Crippen LogP) is 5.13. The van der Waals surface area contributed by atoms with E-state index in [2.05, 4.69) is 4.98 Å². The Morgan fingerprint density at radius 1 is 0.933 bits per heavy atom. The number of nitrogens with zero attached hydrogens (tertiary/aromatic N) is 2. The molecule has 0 atom stereocenters. The van der Waals surface area contributed by atoms with Gasteiger partial charge in [-0.2, -0.15) is 0 Å². The molecule has 0 saturated carbocycles. The topological polar surface area (TPSA) is 59.5 Å². The van der Waals surface area contributed by atoms with E-state index in [-0.39, 0.29) is 10.8 Å². The van der Waals surface area contributed by atoms with E-state index in [9.17, 15) is 8.42 Å². The number of ether oxygens (including phenoxy) is 1. The molecule has 0 bridgehead atoms. The SMILES string of the molecule is Cc1cc(C)cc(N(CC(C)C)S(=O)(=O)c2ccc(OCc3ccncc3)cc2)c1. The minimum absolute atomic E-state index is 0.184. The summed E-state index contributed by atoms with van der Waals surface area (Å²) in [6.45, 7) is 8.79. The third kappa shape index (κ3) is 5.39. The first-order chi connectivity index (χ1) is 14.3. The fraction of sp³-hybridized carbons (Fsp3) is 0.292. The smallest absolute Gasteiger partial charge is 0.264 e. The molecule has 0 unspecified atom stereocenters. The van der Waals surface area contributed by atoms with Gasteiger partial charge in [0.05, 0.1) is 10.6 Å². The van der Waals surface area contributed by atoms with Crippen molar-refractivity contribution in [3.8, 4) is 5.75 Å². The van der Waals surface area contributed by atoms with Crippen LogP contribution < -0.4 is 9.04 Å². The highest BCUT2D eigenvalue weighted by atomic mass is 32.2. The number of pyridine rings is 1. The van der Waals surface area contributed by atoms with Gasteiger partial charge in [-0.1, -0.05) is 19.9 Å². The Kier molecular flexibility index (Phi) is 6.77. The third-order valence-corrected chi connectivity index (χ3v) is 6.40. The summed E-state index contributed by atoms with van der Waals surface area (Å²) >= 11 is 0. The van der Waals surface area contributed by atoms with Crippen LogP contribution in [-0.4, -0.2) is 19.9 Å². The summed E-state index contributed by atoms with van der Waals surface area (Å²) in [5, 5.41) is 0. The lowest BCUT2D eigenvalue weighted by molar-refractivity contribution is 0.306. The van der Waals surface area contributed by atoms with Gasteiger partial charge in [0.25, 0.3) is 10.0 Å². The van der Waals surface area contributed by atoms with E-state index < -0.39 is 10.0 Å². The summed E-state index contributed by atoms with van der Waals surface area (Å²) in [5.41, 5.74) is 3.77. The van der Waals surface area contributed by atoms with E-state index >= 15 is 0 Å². The average Bonchev–Trinajstić information content (AvgIpc) is 2.70. The number of hydrogen-bond acceptors (Lipinski definition) is 4. The van der Waals surface area contributed by atoms with Gasteiger partial charge < -0.3 is 4.74 Å². The predicted molar refractivity (Wildman–Crippen MR) is 120 cm³/mol. The lowest BCUT2D eigenvalue weighted by atomic mass is 10.1. The number of hydrogen-bond donors (Lipinski definition) is 0. The van der Waals surface area contributed by atoms with E-state index in [0.29, 0.717) is 24.6 Å². The maximum absolute atomic E-state index is 13.5. The molecule has 0 aliphatic carbocycles. The van der Waals surface area contributed by atoms with Gasteiger partial charge in [0.1, 0.15) is 12.4 Å². The van der Waals surface area contributed by atoms with Gasteiger partial charge in [-0.25, -0.2) is 8.42 Å². The Balaban J connectivity index is 1.85. The van der Waals surface area contributed by atoms with Crippen molar-refractivity contribution in [3.05, 3.63) is 83.7 Å². The van der Waals surface area contributed by atoms with Crippen LogP contribution in [0.5, 0.6) is 5.75 Å². The highest BCUT2D eigenvalue weighted by Crippen LogP contribution is 2.28. The molecule has 0 saturated heterocycles. The molecule has 5 nitrogen and oxygen atoms in total. The fourth-order valence-electron chi connectivity index (χ4n) is 3.25. The molecule has 0 radical (unpaired) electrons. The lowest BCUT2D eigenvalue weighted by Crippen LogP contribution is -2.34. The molecule has 0 aliphatic heterocycles. The van der Waals surface area contributed by atoms with Gasteiger partial charge in [-0.15, -0.1) is 0 Å². The molecule has 2 aromatic carbocycles. The molecule has 3 rings (SSSR count). The standard InChI is InChI=1S/C24H28N2O3S/c1-18(2)16-26(22-14-19(3)13-20(4)15-22)30(27,28)24-7-5-23(6-8-24)29-17-21-9-11-25-12-10-21/h5-15,18H,16-17H2,1-4H3. The summed E-state index contributed by atoms with van der Waals surface area (Å²) in [4.78, 5) is 4.23. The quantitative estimate of drug-likeness (QED) is 0.503. The monoisotopic (exact) mass is 424 g/mol. The van der Waals surface area contributed by atoms with Crippen LogP contribution in [0.15, 0.2) is 71.9 Å². The number of anilines is 1. The van der Waals surface area contributed by atoms with Crippen molar-refractivity contribution in [2.75, 3.05) is 10.8 Å². The van der Waals surface area contributed by atoms with Crippen LogP contribution in [0.4, 0.5) is 5.69 Å². The van der Waals surface area contributed by atoms with Gasteiger partial charge in [-0.3, -0.25) is 9.29 Å². The Bertz CT molecular complexity index is 1060. The Morgan fingerprint density at radius 2 is 1.53 bits per heavy atom. The first-order valence-electron chi connectivity index (χ1n) is 9.98. The summed E-state index contributed by atoms with van der Waals surface area (Å²) in [5.74, 6) is 0.802. The van der Waals surface area contributed by atoms with Crippen LogP contribution in [0.2, 0.25) is 0 Å². The molecule has 0 spiro atoms. The van der Waals surface area contributed by atoms with E-state index in [1.54, 1.807) is 36.7 Å². The van der Waals surface area contributed by atoms with Crippen molar-refractivity contribution in [2.45, 2.75) is 39.2 Å². The number of aromatic nitrogens is 1. The summed E-state index contributed by atoms with van der Waals surface area (Å²) < 4.78 is 34.2. The van der Waals surface area contributed by atoms with E-state index in [0.717, 1.165) is 16.7 Å². The van der Waals surface area contributed by atoms with Crippen molar-refractivity contribution in [1.82, 2.24) is 4.98 Å². The molecule has 158 valence electrons. The molecule has 0 amide bonds. The maximum Gasteiger partial charge on any atom is 0.264 e. The minimum Gasteiger partial charge on any atom is -0.489 e. The molecule has 0 aliphatic rings. The van der Waals surface area contributed by atoms with Crippen LogP contribution in [0, 0.1) is 19.8 Å². The largest absolute Gasteiger partial charge is 0.489 e. The lowest BCUT2D eigenvalue weighted by Gasteiger charge is -2.27. The van der Waals surface area contributed by atoms with Crippen LogP contribution >= 0.6 is 0 Å². The Hall–Kier alpha value is -2.86. The third-order valence-electron chi connectivity index (χ3n) is 4.59. The van der Waals surface area contributed by atoms with Crippen molar-refractivity contribution in [1.29, 1.82) is 0 Å². The van der Waals surface area contributed by atoms with Gasteiger partial charge >= 0.3 is 0 Å². The summed E-state index contributed by atoms with van der Waals surface area (Å²) in [6.07, 6.45) is 3.43. The molecule has 6 heteroatoms. The summed E-state index contributed by atoms with van der Waals surface area (Å²) in [6, 6.07) is 16.2. The molecular weight excluding hydrogens is 396 g/mol. The molecule has 3 aromatic rings. The normalized spacial score (nSPS) is 11.5. The van der Waals surface area contributed by atoms with Gasteiger partial charge in [-0.05, 0) is 85.0 Å². The molecule has 1 aromatic heterocycles. The molecule has 0 N–H and O–H groups in total. The zero-order chi connectivity index (χ0) is 21.7. The molecule has 30 heavy (non-hydrogen) atoms. The second-order valence-electron chi connectivity index (χ2n) is 7.89. The van der Waals surface area contributed by atoms with Crippen molar-refractivity contribution < 1.29 is 13.2 Å². The zero-order valence-corrected chi connectivity index (χ0v) is 18.7. The second kappa shape index (κ2) is 9.30. The van der Waals surface area contributed by atoms with Crippen molar-refractivity contribution in [3.63, 3.8) is 0 Å². The van der Waals surface area contributed by atoms with Crippen LogP contribution in [0.1, 0.15) is 30.5 Å². The summed E-state index contributed by atoms with van der Waals surface area (Å²) in [7, 11) is -3.70. The number of rotatable bonds is 8. The van der Waals surface area contributed by atoms with Crippen LogP contribution in [0.3, 0.4) is 0 Å². The van der Waals surface area contributed by atoms with Crippen LogP contribution in [-0.2, 0) is 16.6 Å². The van der Waals surface area contributed by atoms with Gasteiger partial charge in [0, 0.05) is 18.9 Å². The first kappa shape index (κ1) is 21.8. The van der Waals surface area contributed by atoms with Crippen molar-refractivity contribution in [2.24, 2.45) is 5.92 Å².